The number of piperidine rings is 1. The maximum atomic E-state index is 11.9. The van der Waals surface area contributed by atoms with E-state index in [1.54, 1.807) is 12.1 Å². The molecule has 1 aromatic heterocycles. The molecule has 0 unspecified atom stereocenters. The molecule has 0 saturated carbocycles. The lowest BCUT2D eigenvalue weighted by atomic mass is 9.95. The van der Waals surface area contributed by atoms with Gasteiger partial charge in [0.15, 0.2) is 10.4 Å². The number of carbonyl (C=O) groups is 1. The second kappa shape index (κ2) is 7.20. The Morgan fingerprint density at radius 2 is 2.19 bits per heavy atom. The Morgan fingerprint density at radius 3 is 2.81 bits per heavy atom. The molecule has 1 aromatic rings. The van der Waals surface area contributed by atoms with E-state index in [2.05, 4.69) is 37.9 Å². The van der Waals surface area contributed by atoms with Crippen LogP contribution in [0.3, 0.4) is 0 Å². The number of hydrogen-bond donors (Lipinski definition) is 1. The number of nitrogens with zero attached hydrogens (tertiary/aromatic N) is 1. The van der Waals surface area contributed by atoms with Gasteiger partial charge in [-0.2, -0.15) is 11.8 Å². The molecule has 0 spiro atoms. The molecule has 2 aliphatic rings. The number of amides is 1. The Morgan fingerprint density at radius 1 is 1.38 bits per heavy atom. The van der Waals surface area contributed by atoms with Crippen LogP contribution in [0.25, 0.3) is 0 Å². The summed E-state index contributed by atoms with van der Waals surface area (Å²) in [6.07, 6.45) is 3.71. The second-order valence-electron chi connectivity index (χ2n) is 5.81. The summed E-state index contributed by atoms with van der Waals surface area (Å²) >= 11 is 5.29. The van der Waals surface area contributed by atoms with E-state index in [0.29, 0.717) is 16.3 Å². The van der Waals surface area contributed by atoms with Crippen LogP contribution in [0.1, 0.15) is 29.8 Å². The molecule has 0 aliphatic carbocycles. The van der Waals surface area contributed by atoms with E-state index in [-0.39, 0.29) is 5.91 Å². The van der Waals surface area contributed by atoms with Crippen LogP contribution in [0.15, 0.2) is 21.2 Å². The number of thioether (sulfide) groups is 1. The summed E-state index contributed by atoms with van der Waals surface area (Å²) in [7, 11) is 0. The molecular formula is C15H21BrN2O2S. The average Bonchev–Trinajstić information content (AvgIpc) is 3.16. The first kappa shape index (κ1) is 15.4. The van der Waals surface area contributed by atoms with Crippen LogP contribution in [0, 0.1) is 5.92 Å². The van der Waals surface area contributed by atoms with Crippen LogP contribution in [0.2, 0.25) is 0 Å². The minimum atomic E-state index is -0.115. The minimum Gasteiger partial charge on any atom is -0.444 e. The number of halogens is 1. The van der Waals surface area contributed by atoms with Crippen molar-refractivity contribution in [3.05, 3.63) is 22.6 Å². The number of rotatable bonds is 4. The third-order valence-corrected chi connectivity index (χ3v) is 5.99. The fourth-order valence-corrected chi connectivity index (χ4v) is 4.65. The Hall–Kier alpha value is -0.460. The van der Waals surface area contributed by atoms with Crippen molar-refractivity contribution < 1.29 is 9.21 Å². The topological polar surface area (TPSA) is 45.5 Å². The quantitative estimate of drug-likeness (QED) is 0.882. The summed E-state index contributed by atoms with van der Waals surface area (Å²) in [5, 5.41) is 2.99. The number of hydrogen-bond acceptors (Lipinski definition) is 4. The summed E-state index contributed by atoms with van der Waals surface area (Å²) in [6.45, 7) is 3.11. The molecule has 2 saturated heterocycles. The van der Waals surface area contributed by atoms with Gasteiger partial charge in [-0.15, -0.1) is 0 Å². The molecule has 1 atom stereocenters. The van der Waals surface area contributed by atoms with Gasteiger partial charge in [-0.3, -0.25) is 9.69 Å². The monoisotopic (exact) mass is 372 g/mol. The van der Waals surface area contributed by atoms with Crippen LogP contribution in [-0.4, -0.2) is 48.0 Å². The van der Waals surface area contributed by atoms with Gasteiger partial charge in [-0.05, 0) is 72.1 Å². The van der Waals surface area contributed by atoms with E-state index in [1.807, 2.05) is 0 Å². The lowest BCUT2D eigenvalue weighted by Crippen LogP contribution is -2.43. The van der Waals surface area contributed by atoms with Crippen LogP contribution in [0.5, 0.6) is 0 Å². The third kappa shape index (κ3) is 4.05. The highest BCUT2D eigenvalue weighted by atomic mass is 79.9. The molecule has 0 aromatic carbocycles. The predicted molar refractivity (Wildman–Crippen MR) is 88.8 cm³/mol. The standard InChI is InChI=1S/C15H21BrN2O2S/c16-14-2-1-13(20-14)15(19)17-9-11-3-6-18(7-4-11)12-5-8-21-10-12/h1-2,11-12H,3-10H2,(H,17,19)/t12-/m1/s1. The van der Waals surface area contributed by atoms with Crippen molar-refractivity contribution in [1.29, 1.82) is 0 Å². The zero-order valence-corrected chi connectivity index (χ0v) is 14.4. The highest BCUT2D eigenvalue weighted by molar-refractivity contribution is 9.10. The Labute approximate surface area is 138 Å². The van der Waals surface area contributed by atoms with Gasteiger partial charge in [0, 0.05) is 18.3 Å². The maximum absolute atomic E-state index is 11.9. The first-order valence-corrected chi connectivity index (χ1v) is 9.52. The molecule has 2 aliphatic heterocycles. The van der Waals surface area contributed by atoms with E-state index >= 15 is 0 Å². The van der Waals surface area contributed by atoms with E-state index in [1.165, 1.54) is 43.9 Å². The molecule has 4 nitrogen and oxygen atoms in total. The molecule has 0 bridgehead atoms. The van der Waals surface area contributed by atoms with Gasteiger partial charge in [-0.1, -0.05) is 0 Å². The van der Waals surface area contributed by atoms with Crippen LogP contribution in [-0.2, 0) is 0 Å². The van der Waals surface area contributed by atoms with Crippen LogP contribution < -0.4 is 5.32 Å². The number of furan rings is 1. The minimum absolute atomic E-state index is 0.115. The SMILES string of the molecule is O=C(NCC1CCN([C@@H]2CCSC2)CC1)c1ccc(Br)o1. The molecule has 1 amide bonds. The number of carbonyl (C=O) groups excluding carboxylic acids is 1. The summed E-state index contributed by atoms with van der Waals surface area (Å²) in [5.74, 6) is 3.48. The van der Waals surface area contributed by atoms with Gasteiger partial charge in [0.25, 0.3) is 5.91 Å². The molecule has 2 fully saturated rings. The van der Waals surface area contributed by atoms with Crippen LogP contribution >= 0.6 is 27.7 Å². The van der Waals surface area contributed by atoms with E-state index in [0.717, 1.165) is 12.6 Å². The van der Waals surface area contributed by atoms with Crippen molar-refractivity contribution in [2.45, 2.75) is 25.3 Å². The van der Waals surface area contributed by atoms with Crippen LogP contribution in [0.4, 0.5) is 0 Å². The molecule has 116 valence electrons. The second-order valence-corrected chi connectivity index (χ2v) is 7.74. The zero-order chi connectivity index (χ0) is 14.7. The molecule has 21 heavy (non-hydrogen) atoms. The van der Waals surface area contributed by atoms with E-state index < -0.39 is 0 Å². The van der Waals surface area contributed by atoms with E-state index in [4.69, 9.17) is 4.42 Å². The highest BCUT2D eigenvalue weighted by Crippen LogP contribution is 2.26. The van der Waals surface area contributed by atoms with Gasteiger partial charge in [0.2, 0.25) is 0 Å². The normalized spacial score (nSPS) is 24.3. The van der Waals surface area contributed by atoms with Gasteiger partial charge in [-0.25, -0.2) is 0 Å². The van der Waals surface area contributed by atoms with Crippen molar-refractivity contribution in [3.8, 4) is 0 Å². The Balaban J connectivity index is 1.40. The summed E-state index contributed by atoms with van der Waals surface area (Å²) < 4.78 is 5.86. The molecule has 1 N–H and O–H groups in total. The van der Waals surface area contributed by atoms with E-state index in [9.17, 15) is 4.79 Å². The number of nitrogens with one attached hydrogen (secondary N) is 1. The number of likely N-dealkylation sites (tertiary alicyclic amines) is 1. The lowest BCUT2D eigenvalue weighted by Gasteiger charge is -2.35. The third-order valence-electron chi connectivity index (χ3n) is 4.42. The smallest absolute Gasteiger partial charge is 0.287 e. The lowest BCUT2D eigenvalue weighted by molar-refractivity contribution is 0.0900. The van der Waals surface area contributed by atoms with Crippen molar-refractivity contribution in [2.75, 3.05) is 31.1 Å². The van der Waals surface area contributed by atoms with Crippen molar-refractivity contribution in [2.24, 2.45) is 5.92 Å². The zero-order valence-electron chi connectivity index (χ0n) is 12.0. The highest BCUT2D eigenvalue weighted by Gasteiger charge is 2.27. The first-order valence-electron chi connectivity index (χ1n) is 7.57. The fourth-order valence-electron chi connectivity index (χ4n) is 3.09. The largest absolute Gasteiger partial charge is 0.444 e. The average molecular weight is 373 g/mol. The van der Waals surface area contributed by atoms with Crippen molar-refractivity contribution in [3.63, 3.8) is 0 Å². The van der Waals surface area contributed by atoms with Gasteiger partial charge in [0.05, 0.1) is 0 Å². The molecular weight excluding hydrogens is 352 g/mol. The van der Waals surface area contributed by atoms with Gasteiger partial charge >= 0.3 is 0 Å². The van der Waals surface area contributed by atoms with Crippen molar-refractivity contribution >= 4 is 33.6 Å². The maximum Gasteiger partial charge on any atom is 0.287 e. The molecule has 3 heterocycles. The fraction of sp³-hybridized carbons (Fsp3) is 0.667. The van der Waals surface area contributed by atoms with Crippen molar-refractivity contribution in [1.82, 2.24) is 10.2 Å². The summed E-state index contributed by atoms with van der Waals surface area (Å²) in [6, 6.07) is 4.23. The molecule has 0 radical (unpaired) electrons. The summed E-state index contributed by atoms with van der Waals surface area (Å²) in [5.41, 5.74) is 0. The Kier molecular flexibility index (Phi) is 5.29. The predicted octanol–water partition coefficient (Wildman–Crippen LogP) is 2.99. The molecule has 3 rings (SSSR count). The first-order chi connectivity index (χ1) is 10.2. The molecule has 6 heteroatoms. The summed E-state index contributed by atoms with van der Waals surface area (Å²) in [4.78, 5) is 14.6. The Bertz CT molecular complexity index is 480. The van der Waals surface area contributed by atoms with Gasteiger partial charge in [0.1, 0.15) is 0 Å². The van der Waals surface area contributed by atoms with Gasteiger partial charge < -0.3 is 9.73 Å².